The molecule has 1 aromatic rings. The molecule has 1 rings (SSSR count). The van der Waals surface area contributed by atoms with Crippen molar-refractivity contribution in [3.63, 3.8) is 0 Å². The Kier molecular flexibility index (Phi) is 6.52. The van der Waals surface area contributed by atoms with Crippen LogP contribution in [-0.4, -0.2) is 43.7 Å². The highest BCUT2D eigenvalue weighted by molar-refractivity contribution is 6.01. The van der Waals surface area contributed by atoms with Gasteiger partial charge in [-0.1, -0.05) is 16.8 Å². The number of methoxy groups -OCH3 is 1. The van der Waals surface area contributed by atoms with Gasteiger partial charge < -0.3 is 20.0 Å². The molecule has 110 valence electrons. The van der Waals surface area contributed by atoms with E-state index in [1.54, 1.807) is 20.1 Å². The molecule has 6 nitrogen and oxygen atoms in total. The van der Waals surface area contributed by atoms with Crippen LogP contribution < -0.4 is 10.1 Å². The molecule has 1 aromatic carbocycles. The first-order valence-corrected chi connectivity index (χ1v) is 6.26. The normalized spacial score (nSPS) is 11.2. The highest BCUT2D eigenvalue weighted by atomic mass is 16.5. The first-order chi connectivity index (χ1) is 9.58. The summed E-state index contributed by atoms with van der Waals surface area (Å²) in [5.41, 5.74) is 2.11. The number of rotatable bonds is 7. The van der Waals surface area contributed by atoms with Gasteiger partial charge in [-0.2, -0.15) is 0 Å². The molecule has 0 aliphatic carbocycles. The van der Waals surface area contributed by atoms with Crippen molar-refractivity contribution in [2.24, 2.45) is 5.16 Å². The van der Waals surface area contributed by atoms with Crippen LogP contribution in [0.25, 0.3) is 0 Å². The van der Waals surface area contributed by atoms with Crippen molar-refractivity contribution >= 4 is 11.6 Å². The Morgan fingerprint density at radius 1 is 1.45 bits per heavy atom. The molecular formula is C14H20N2O4. The van der Waals surface area contributed by atoms with E-state index in [9.17, 15) is 4.79 Å². The first-order valence-electron chi connectivity index (χ1n) is 6.26. The molecular weight excluding hydrogens is 260 g/mol. The number of ether oxygens (including phenoxy) is 2. The summed E-state index contributed by atoms with van der Waals surface area (Å²) >= 11 is 0. The summed E-state index contributed by atoms with van der Waals surface area (Å²) in [7, 11) is 1.57. The molecule has 0 saturated heterocycles. The molecule has 0 aromatic heterocycles. The van der Waals surface area contributed by atoms with Gasteiger partial charge in [0.15, 0.2) is 6.61 Å². The fourth-order valence-electron chi connectivity index (χ4n) is 1.59. The number of oxime groups is 1. The molecule has 2 N–H and O–H groups in total. The van der Waals surface area contributed by atoms with Crippen LogP contribution in [-0.2, 0) is 9.53 Å². The second-order valence-electron chi connectivity index (χ2n) is 4.32. The first kappa shape index (κ1) is 16.0. The van der Waals surface area contributed by atoms with Gasteiger partial charge in [-0.15, -0.1) is 0 Å². The molecule has 0 bridgehead atoms. The summed E-state index contributed by atoms with van der Waals surface area (Å²) in [5, 5.41) is 14.7. The Morgan fingerprint density at radius 3 is 2.85 bits per heavy atom. The van der Waals surface area contributed by atoms with Gasteiger partial charge in [0.2, 0.25) is 0 Å². The number of nitrogens with zero attached hydrogens (tertiary/aromatic N) is 1. The van der Waals surface area contributed by atoms with Crippen LogP contribution in [0, 0.1) is 6.92 Å². The summed E-state index contributed by atoms with van der Waals surface area (Å²) in [4.78, 5) is 11.5. The number of amides is 1. The highest BCUT2D eigenvalue weighted by Gasteiger charge is 2.10. The predicted molar refractivity (Wildman–Crippen MR) is 75.6 cm³/mol. The SMILES string of the molecule is COCCNC(=O)COc1ccc(C)cc1C(C)=NO. The lowest BCUT2D eigenvalue weighted by atomic mass is 10.1. The Morgan fingerprint density at radius 2 is 2.20 bits per heavy atom. The number of hydrogen-bond acceptors (Lipinski definition) is 5. The highest BCUT2D eigenvalue weighted by Crippen LogP contribution is 2.20. The van der Waals surface area contributed by atoms with Gasteiger partial charge in [-0.05, 0) is 26.0 Å². The standard InChI is InChI=1S/C14H20N2O4/c1-10-4-5-13(12(8-10)11(2)16-18)20-9-14(17)15-6-7-19-3/h4-5,8,18H,6-7,9H2,1-3H3,(H,15,17). The van der Waals surface area contributed by atoms with Crippen LogP contribution in [0.15, 0.2) is 23.4 Å². The number of benzene rings is 1. The van der Waals surface area contributed by atoms with E-state index in [1.165, 1.54) is 0 Å². The summed E-state index contributed by atoms with van der Waals surface area (Å²) in [5.74, 6) is 0.278. The van der Waals surface area contributed by atoms with Gasteiger partial charge in [0.1, 0.15) is 5.75 Å². The average Bonchev–Trinajstić information content (AvgIpc) is 2.45. The summed E-state index contributed by atoms with van der Waals surface area (Å²) in [6.45, 7) is 4.39. The third-order valence-electron chi connectivity index (χ3n) is 2.66. The quantitative estimate of drug-likeness (QED) is 0.342. The Balaban J connectivity index is 2.66. The van der Waals surface area contributed by atoms with Gasteiger partial charge >= 0.3 is 0 Å². The third kappa shape index (κ3) is 4.89. The van der Waals surface area contributed by atoms with Crippen LogP contribution in [0.4, 0.5) is 0 Å². The molecule has 6 heteroatoms. The minimum atomic E-state index is -0.229. The zero-order valence-electron chi connectivity index (χ0n) is 12.0. The van der Waals surface area contributed by atoms with Crippen LogP contribution in [0.5, 0.6) is 5.75 Å². The van der Waals surface area contributed by atoms with E-state index in [4.69, 9.17) is 14.7 Å². The Bertz CT molecular complexity index is 486. The fraction of sp³-hybridized carbons (Fsp3) is 0.429. The van der Waals surface area contributed by atoms with Gasteiger partial charge in [-0.3, -0.25) is 4.79 Å². The zero-order valence-corrected chi connectivity index (χ0v) is 12.0. The molecule has 0 aliphatic rings. The van der Waals surface area contributed by atoms with Gasteiger partial charge in [-0.25, -0.2) is 0 Å². The predicted octanol–water partition coefficient (Wildman–Crippen LogP) is 1.33. The van der Waals surface area contributed by atoms with Gasteiger partial charge in [0.25, 0.3) is 5.91 Å². The van der Waals surface area contributed by atoms with Gasteiger partial charge in [0, 0.05) is 19.2 Å². The molecule has 0 aliphatic heterocycles. The van der Waals surface area contributed by atoms with E-state index in [1.807, 2.05) is 19.1 Å². The number of carbonyl (C=O) groups is 1. The molecule has 0 radical (unpaired) electrons. The summed E-state index contributed by atoms with van der Waals surface area (Å²) in [6, 6.07) is 5.46. The third-order valence-corrected chi connectivity index (χ3v) is 2.66. The maximum atomic E-state index is 11.5. The summed E-state index contributed by atoms with van der Waals surface area (Å²) in [6.07, 6.45) is 0. The van der Waals surface area contributed by atoms with Crippen LogP contribution >= 0.6 is 0 Å². The van der Waals surface area contributed by atoms with Crippen molar-refractivity contribution in [2.45, 2.75) is 13.8 Å². The van der Waals surface area contributed by atoms with Crippen molar-refractivity contribution in [1.29, 1.82) is 0 Å². The molecule has 0 saturated carbocycles. The van der Waals surface area contributed by atoms with E-state index in [2.05, 4.69) is 10.5 Å². The maximum absolute atomic E-state index is 11.5. The number of carbonyl (C=O) groups excluding carboxylic acids is 1. The van der Waals surface area contributed by atoms with E-state index in [-0.39, 0.29) is 12.5 Å². The number of aryl methyl sites for hydroxylation is 1. The molecule has 0 unspecified atom stereocenters. The van der Waals surface area contributed by atoms with Gasteiger partial charge in [0.05, 0.1) is 12.3 Å². The summed E-state index contributed by atoms with van der Waals surface area (Å²) < 4.78 is 10.3. The largest absolute Gasteiger partial charge is 0.483 e. The second-order valence-corrected chi connectivity index (χ2v) is 4.32. The maximum Gasteiger partial charge on any atom is 0.258 e. The smallest absolute Gasteiger partial charge is 0.258 e. The average molecular weight is 280 g/mol. The van der Waals surface area contributed by atoms with Crippen LogP contribution in [0.3, 0.4) is 0 Å². The zero-order chi connectivity index (χ0) is 15.0. The Labute approximate surface area is 118 Å². The number of nitrogens with one attached hydrogen (secondary N) is 1. The molecule has 0 atom stereocenters. The molecule has 1 amide bonds. The number of hydrogen-bond donors (Lipinski definition) is 2. The molecule has 0 fully saturated rings. The van der Waals surface area contributed by atoms with Crippen LogP contribution in [0.2, 0.25) is 0 Å². The molecule has 20 heavy (non-hydrogen) atoms. The topological polar surface area (TPSA) is 80.2 Å². The van der Waals surface area contributed by atoms with E-state index in [0.717, 1.165) is 5.56 Å². The minimum absolute atomic E-state index is 0.0987. The minimum Gasteiger partial charge on any atom is -0.483 e. The van der Waals surface area contributed by atoms with Crippen molar-refractivity contribution in [3.05, 3.63) is 29.3 Å². The Hall–Kier alpha value is -2.08. The molecule has 0 heterocycles. The van der Waals surface area contributed by atoms with E-state index >= 15 is 0 Å². The van der Waals surface area contributed by atoms with Crippen molar-refractivity contribution < 1.29 is 19.5 Å². The molecule has 0 spiro atoms. The van der Waals surface area contributed by atoms with E-state index in [0.29, 0.717) is 30.2 Å². The lowest BCUT2D eigenvalue weighted by Crippen LogP contribution is -2.31. The van der Waals surface area contributed by atoms with Crippen molar-refractivity contribution in [2.75, 3.05) is 26.9 Å². The lowest BCUT2D eigenvalue weighted by Gasteiger charge is -2.11. The monoisotopic (exact) mass is 280 g/mol. The fourth-order valence-corrected chi connectivity index (χ4v) is 1.59. The lowest BCUT2D eigenvalue weighted by molar-refractivity contribution is -0.123. The second kappa shape index (κ2) is 8.16. The van der Waals surface area contributed by atoms with Crippen molar-refractivity contribution in [1.82, 2.24) is 5.32 Å². The van der Waals surface area contributed by atoms with E-state index < -0.39 is 0 Å². The van der Waals surface area contributed by atoms with Crippen molar-refractivity contribution in [3.8, 4) is 5.75 Å². The van der Waals surface area contributed by atoms with Crippen LogP contribution in [0.1, 0.15) is 18.1 Å².